The zero-order chi connectivity index (χ0) is 13.5. The molecular weight excluding hydrogens is 238 g/mol. The predicted molar refractivity (Wildman–Crippen MR) is 75.6 cm³/mol. The van der Waals surface area contributed by atoms with Crippen molar-refractivity contribution in [1.82, 2.24) is 4.98 Å². The van der Waals surface area contributed by atoms with E-state index in [1.807, 2.05) is 19.2 Å². The Hall–Kier alpha value is -1.61. The number of rotatable bonds is 4. The Kier molecular flexibility index (Phi) is 2.94. The smallest absolute Gasteiger partial charge is 0.167 e. The maximum absolute atomic E-state index is 12.5. The summed E-state index contributed by atoms with van der Waals surface area (Å²) in [4.78, 5) is 15.7. The number of nitrogens with one attached hydrogen (secondary N) is 1. The molecule has 0 saturated heterocycles. The van der Waals surface area contributed by atoms with Crippen molar-refractivity contribution in [3.8, 4) is 0 Å². The summed E-state index contributed by atoms with van der Waals surface area (Å²) in [6.07, 6.45) is 5.47. The normalized spacial score (nSPS) is 17.4. The molecule has 0 spiro atoms. The van der Waals surface area contributed by atoms with E-state index in [-0.39, 0.29) is 11.4 Å². The van der Waals surface area contributed by atoms with E-state index in [1.54, 1.807) is 7.11 Å². The van der Waals surface area contributed by atoms with Crippen LogP contribution in [0.5, 0.6) is 0 Å². The molecule has 0 radical (unpaired) electrons. The van der Waals surface area contributed by atoms with Gasteiger partial charge < -0.3 is 9.72 Å². The number of Topliss-reactive ketones (excluding diaryl/α,β-unsaturated/α-hetero) is 1. The lowest BCUT2D eigenvalue weighted by Crippen LogP contribution is -2.41. The molecule has 3 heteroatoms. The van der Waals surface area contributed by atoms with E-state index in [0.717, 1.165) is 35.7 Å². The van der Waals surface area contributed by atoms with E-state index in [2.05, 4.69) is 17.1 Å². The summed E-state index contributed by atoms with van der Waals surface area (Å²) in [6.45, 7) is 2.04. The number of aromatic nitrogens is 1. The third kappa shape index (κ3) is 2.08. The highest BCUT2D eigenvalue weighted by Crippen LogP contribution is 2.39. The number of H-pyrrole nitrogens is 1. The van der Waals surface area contributed by atoms with Gasteiger partial charge >= 0.3 is 0 Å². The number of hydrogen-bond donors (Lipinski definition) is 1. The first-order valence-corrected chi connectivity index (χ1v) is 6.80. The molecule has 0 bridgehead atoms. The maximum atomic E-state index is 12.5. The van der Waals surface area contributed by atoms with E-state index in [4.69, 9.17) is 4.74 Å². The molecule has 0 atom stereocenters. The minimum atomic E-state index is -0.204. The van der Waals surface area contributed by atoms with Crippen molar-refractivity contribution in [2.75, 3.05) is 7.11 Å². The molecule has 0 unspecified atom stereocenters. The van der Waals surface area contributed by atoms with Gasteiger partial charge in [-0.05, 0) is 38.3 Å². The van der Waals surface area contributed by atoms with Crippen LogP contribution < -0.4 is 0 Å². The first kappa shape index (κ1) is 12.4. The number of carbonyl (C=O) groups is 1. The number of aryl methyl sites for hydroxylation is 1. The Morgan fingerprint density at radius 3 is 2.84 bits per heavy atom. The monoisotopic (exact) mass is 257 g/mol. The van der Waals surface area contributed by atoms with E-state index in [0.29, 0.717) is 6.42 Å². The Bertz CT molecular complexity index is 617. The van der Waals surface area contributed by atoms with Crippen LogP contribution in [0.25, 0.3) is 10.9 Å². The highest BCUT2D eigenvalue weighted by Gasteiger charge is 2.39. The van der Waals surface area contributed by atoms with Gasteiger partial charge in [-0.3, -0.25) is 4.79 Å². The second kappa shape index (κ2) is 4.49. The number of ether oxygens (including phenoxy) is 1. The Balaban J connectivity index is 1.91. The van der Waals surface area contributed by atoms with Crippen molar-refractivity contribution in [3.63, 3.8) is 0 Å². The van der Waals surface area contributed by atoms with Crippen LogP contribution in [-0.4, -0.2) is 23.5 Å². The van der Waals surface area contributed by atoms with E-state index in [1.165, 1.54) is 5.56 Å². The summed E-state index contributed by atoms with van der Waals surface area (Å²) in [5.41, 5.74) is 2.78. The second-order valence-electron chi connectivity index (χ2n) is 5.59. The Morgan fingerprint density at radius 2 is 2.21 bits per heavy atom. The number of hydrogen-bond acceptors (Lipinski definition) is 2. The maximum Gasteiger partial charge on any atom is 0.167 e. The lowest BCUT2D eigenvalue weighted by Gasteiger charge is -2.40. The number of carbonyl (C=O) groups excluding carboxylic acids is 1. The fourth-order valence-corrected chi connectivity index (χ4v) is 2.88. The van der Waals surface area contributed by atoms with Gasteiger partial charge in [0.25, 0.3) is 0 Å². The van der Waals surface area contributed by atoms with E-state index in [9.17, 15) is 4.79 Å². The van der Waals surface area contributed by atoms with Crippen LogP contribution >= 0.6 is 0 Å². The van der Waals surface area contributed by atoms with E-state index < -0.39 is 0 Å². The molecule has 2 aromatic rings. The van der Waals surface area contributed by atoms with Crippen molar-refractivity contribution in [3.05, 3.63) is 35.5 Å². The fourth-order valence-electron chi connectivity index (χ4n) is 2.88. The van der Waals surface area contributed by atoms with Gasteiger partial charge in [0.2, 0.25) is 0 Å². The fraction of sp³-hybridized carbons (Fsp3) is 0.438. The third-order valence-corrected chi connectivity index (χ3v) is 4.32. The second-order valence-corrected chi connectivity index (χ2v) is 5.59. The van der Waals surface area contributed by atoms with Gasteiger partial charge in [-0.25, -0.2) is 0 Å². The van der Waals surface area contributed by atoms with Crippen LogP contribution in [0, 0.1) is 6.92 Å². The van der Waals surface area contributed by atoms with Gasteiger partial charge in [0, 0.05) is 36.2 Å². The van der Waals surface area contributed by atoms with Gasteiger partial charge in [-0.15, -0.1) is 0 Å². The molecule has 19 heavy (non-hydrogen) atoms. The zero-order valence-electron chi connectivity index (χ0n) is 11.5. The topological polar surface area (TPSA) is 42.1 Å². The first-order chi connectivity index (χ1) is 9.13. The van der Waals surface area contributed by atoms with Crippen molar-refractivity contribution >= 4 is 16.7 Å². The largest absolute Gasteiger partial charge is 0.378 e. The lowest BCUT2D eigenvalue weighted by molar-refractivity contribution is -0.0704. The number of fused-ring (bicyclic) bond motifs is 1. The summed E-state index contributed by atoms with van der Waals surface area (Å²) < 4.78 is 5.55. The molecule has 1 fully saturated rings. The molecule has 1 aromatic heterocycles. The molecule has 0 amide bonds. The summed E-state index contributed by atoms with van der Waals surface area (Å²) in [7, 11) is 1.71. The molecule has 1 N–H and O–H groups in total. The minimum absolute atomic E-state index is 0.179. The Morgan fingerprint density at radius 1 is 1.42 bits per heavy atom. The molecule has 3 rings (SSSR count). The quantitative estimate of drug-likeness (QED) is 0.850. The average Bonchev–Trinajstić information content (AvgIpc) is 2.76. The van der Waals surface area contributed by atoms with Crippen molar-refractivity contribution in [2.24, 2.45) is 0 Å². The predicted octanol–water partition coefficient (Wildman–Crippen LogP) is 3.62. The third-order valence-electron chi connectivity index (χ3n) is 4.32. The highest BCUT2D eigenvalue weighted by atomic mass is 16.5. The van der Waals surface area contributed by atoms with Gasteiger partial charge in [0.1, 0.15) is 0 Å². The molecule has 100 valence electrons. The zero-order valence-corrected chi connectivity index (χ0v) is 11.5. The van der Waals surface area contributed by atoms with Crippen LogP contribution in [0.2, 0.25) is 0 Å². The van der Waals surface area contributed by atoms with Gasteiger partial charge in [0.05, 0.1) is 5.60 Å². The highest BCUT2D eigenvalue weighted by molar-refractivity contribution is 6.08. The first-order valence-electron chi connectivity index (χ1n) is 6.80. The Labute approximate surface area is 113 Å². The standard InChI is InChI=1S/C16H19NO2/c1-11-4-5-14-12(8-11)13(10-17-14)15(18)9-16(19-2)6-3-7-16/h4-5,8,10,17H,3,6-7,9H2,1-2H3. The van der Waals surface area contributed by atoms with Crippen LogP contribution in [0.1, 0.15) is 41.6 Å². The van der Waals surface area contributed by atoms with Gasteiger partial charge in [-0.1, -0.05) is 11.6 Å². The molecular formula is C16H19NO2. The minimum Gasteiger partial charge on any atom is -0.378 e. The van der Waals surface area contributed by atoms with Crippen molar-refractivity contribution in [2.45, 2.75) is 38.2 Å². The lowest BCUT2D eigenvalue weighted by atomic mass is 9.76. The molecule has 1 aromatic carbocycles. The average molecular weight is 257 g/mol. The molecule has 1 aliphatic carbocycles. The number of benzene rings is 1. The summed E-state index contributed by atoms with van der Waals surface area (Å²) in [6, 6.07) is 6.14. The molecule has 3 nitrogen and oxygen atoms in total. The van der Waals surface area contributed by atoms with E-state index >= 15 is 0 Å². The van der Waals surface area contributed by atoms with Gasteiger partial charge in [0.15, 0.2) is 5.78 Å². The molecule has 1 heterocycles. The van der Waals surface area contributed by atoms with Crippen LogP contribution in [-0.2, 0) is 4.74 Å². The number of methoxy groups -OCH3 is 1. The SMILES string of the molecule is COC1(CC(=O)c2c[nH]c3ccc(C)cc23)CCC1. The molecule has 1 aliphatic rings. The van der Waals surface area contributed by atoms with Crippen LogP contribution in [0.4, 0.5) is 0 Å². The molecule has 0 aliphatic heterocycles. The van der Waals surface area contributed by atoms with Crippen molar-refractivity contribution in [1.29, 1.82) is 0 Å². The van der Waals surface area contributed by atoms with Gasteiger partial charge in [-0.2, -0.15) is 0 Å². The van der Waals surface area contributed by atoms with Crippen molar-refractivity contribution < 1.29 is 9.53 Å². The molecule has 1 saturated carbocycles. The number of aromatic amines is 1. The summed E-state index contributed by atoms with van der Waals surface area (Å²) >= 11 is 0. The number of ketones is 1. The summed E-state index contributed by atoms with van der Waals surface area (Å²) in [5, 5.41) is 1.02. The van der Waals surface area contributed by atoms with Crippen LogP contribution in [0.15, 0.2) is 24.4 Å². The summed E-state index contributed by atoms with van der Waals surface area (Å²) in [5.74, 6) is 0.179. The van der Waals surface area contributed by atoms with Crippen LogP contribution in [0.3, 0.4) is 0 Å².